The molecule has 0 aromatic heterocycles. The quantitative estimate of drug-likeness (QED) is 0.387. The normalized spacial score (nSPS) is 22.9. The first kappa shape index (κ1) is 26.0. The molecule has 1 aliphatic heterocycles. The smallest absolute Gasteiger partial charge is 0.305 e. The molecule has 0 bridgehead atoms. The molecule has 31 heavy (non-hydrogen) atoms. The summed E-state index contributed by atoms with van der Waals surface area (Å²) in [5.41, 5.74) is 0. The lowest BCUT2D eigenvalue weighted by atomic mass is 9.73. The van der Waals surface area contributed by atoms with Gasteiger partial charge in [0.15, 0.2) is 0 Å². The molecule has 1 unspecified atom stereocenters. The Hall–Kier alpha value is -1.30. The third-order valence-corrected chi connectivity index (χ3v) is 7.60. The topological polar surface area (TPSA) is 67.8 Å². The van der Waals surface area contributed by atoms with Gasteiger partial charge in [-0.2, -0.15) is 0 Å². The first-order valence-corrected chi connectivity index (χ1v) is 13.0. The highest BCUT2D eigenvalue weighted by molar-refractivity contribution is 8.17. The number of carbonyl (C=O) groups is 2. The van der Waals surface area contributed by atoms with E-state index in [4.69, 9.17) is 4.74 Å². The lowest BCUT2D eigenvalue weighted by molar-refractivity contribution is -0.140. The summed E-state index contributed by atoms with van der Waals surface area (Å²) in [4.78, 5) is 29.0. The fourth-order valence-electron chi connectivity index (χ4n) is 4.58. The van der Waals surface area contributed by atoms with Gasteiger partial charge in [0, 0.05) is 19.4 Å². The zero-order valence-electron chi connectivity index (χ0n) is 20.0. The molecular weight excluding hydrogens is 408 g/mol. The number of esters is 1. The van der Waals surface area contributed by atoms with Gasteiger partial charge in [-0.15, -0.1) is 0 Å². The van der Waals surface area contributed by atoms with E-state index in [2.05, 4.69) is 37.2 Å². The van der Waals surface area contributed by atoms with Gasteiger partial charge in [0.05, 0.1) is 23.6 Å². The zero-order valence-corrected chi connectivity index (χ0v) is 20.8. The molecule has 0 spiro atoms. The first-order valence-electron chi connectivity index (χ1n) is 12.1. The maximum Gasteiger partial charge on any atom is 0.305 e. The van der Waals surface area contributed by atoms with Gasteiger partial charge in [-0.05, 0) is 49.4 Å². The number of aliphatic imine (C=N–C) groups is 1. The number of hydrogen-bond acceptors (Lipinski definition) is 5. The van der Waals surface area contributed by atoms with Crippen molar-refractivity contribution >= 4 is 28.7 Å². The van der Waals surface area contributed by atoms with Crippen LogP contribution in [0, 0.1) is 23.7 Å². The van der Waals surface area contributed by atoms with Crippen LogP contribution in [0.1, 0.15) is 91.4 Å². The largest absolute Gasteiger partial charge is 0.469 e. The molecule has 1 amide bonds. The summed E-state index contributed by atoms with van der Waals surface area (Å²) >= 11 is 1.49. The number of thioether (sulfide) groups is 1. The number of hydrogen-bond donors (Lipinski definition) is 1. The van der Waals surface area contributed by atoms with Crippen LogP contribution in [0.15, 0.2) is 16.1 Å². The van der Waals surface area contributed by atoms with Crippen LogP contribution in [-0.2, 0) is 14.3 Å². The van der Waals surface area contributed by atoms with Crippen LogP contribution in [0.2, 0.25) is 0 Å². The maximum atomic E-state index is 13.0. The molecule has 2 rings (SSSR count). The molecule has 2 aliphatic rings. The van der Waals surface area contributed by atoms with E-state index in [0.717, 1.165) is 34.8 Å². The van der Waals surface area contributed by atoms with Crippen LogP contribution in [0.3, 0.4) is 0 Å². The number of ether oxygens (including phenoxy) is 1. The molecule has 0 saturated heterocycles. The van der Waals surface area contributed by atoms with Crippen molar-refractivity contribution in [3.63, 3.8) is 0 Å². The van der Waals surface area contributed by atoms with Gasteiger partial charge in [-0.1, -0.05) is 64.3 Å². The Morgan fingerprint density at radius 2 is 1.97 bits per heavy atom. The summed E-state index contributed by atoms with van der Waals surface area (Å²) in [5, 5.41) is 4.91. The third kappa shape index (κ3) is 10.2. The molecule has 1 heterocycles. The van der Waals surface area contributed by atoms with E-state index in [1.165, 1.54) is 57.4 Å². The fourth-order valence-corrected chi connectivity index (χ4v) is 5.56. The van der Waals surface area contributed by atoms with Crippen LogP contribution in [0.25, 0.3) is 0 Å². The Kier molecular flexibility index (Phi) is 11.7. The van der Waals surface area contributed by atoms with Gasteiger partial charge in [-0.25, -0.2) is 0 Å². The number of nitrogens with one attached hydrogen (secondary N) is 1. The van der Waals surface area contributed by atoms with Crippen molar-refractivity contribution in [2.24, 2.45) is 28.7 Å². The zero-order chi connectivity index (χ0) is 22.6. The predicted molar refractivity (Wildman–Crippen MR) is 130 cm³/mol. The lowest BCUT2D eigenvalue weighted by Gasteiger charge is -2.33. The van der Waals surface area contributed by atoms with Crippen LogP contribution in [-0.4, -0.2) is 30.6 Å². The molecule has 0 aromatic rings. The average Bonchev–Trinajstić information content (AvgIpc) is 2.96. The number of methoxy groups -OCH3 is 1. The van der Waals surface area contributed by atoms with Crippen molar-refractivity contribution in [1.82, 2.24) is 5.32 Å². The first-order chi connectivity index (χ1) is 14.9. The van der Waals surface area contributed by atoms with Crippen molar-refractivity contribution in [1.29, 1.82) is 0 Å². The second-order valence-electron chi connectivity index (χ2n) is 9.67. The van der Waals surface area contributed by atoms with E-state index < -0.39 is 0 Å². The Bertz CT molecular complexity index is 637. The Morgan fingerprint density at radius 3 is 2.65 bits per heavy atom. The SMILES string of the molecule is COC(=O)CCC1=NCCC=C(NC(=O)CC(CCCC(C)C)C2CCC(C)CC2)S1. The number of carbonyl (C=O) groups excluding carboxylic acids is 2. The van der Waals surface area contributed by atoms with Gasteiger partial charge in [-0.3, -0.25) is 14.6 Å². The minimum absolute atomic E-state index is 0.126. The second-order valence-corrected chi connectivity index (χ2v) is 10.8. The maximum absolute atomic E-state index is 13.0. The average molecular weight is 451 g/mol. The van der Waals surface area contributed by atoms with Crippen molar-refractivity contribution in [3.8, 4) is 0 Å². The Balaban J connectivity index is 1.90. The van der Waals surface area contributed by atoms with Crippen LogP contribution in [0.4, 0.5) is 0 Å². The minimum atomic E-state index is -0.229. The highest BCUT2D eigenvalue weighted by atomic mass is 32.2. The van der Waals surface area contributed by atoms with Crippen LogP contribution >= 0.6 is 11.8 Å². The summed E-state index contributed by atoms with van der Waals surface area (Å²) in [6, 6.07) is 0. The molecule has 6 heteroatoms. The number of nitrogens with zero attached hydrogens (tertiary/aromatic N) is 1. The molecule has 1 aliphatic carbocycles. The number of rotatable bonds is 11. The van der Waals surface area contributed by atoms with Crippen molar-refractivity contribution < 1.29 is 14.3 Å². The summed E-state index contributed by atoms with van der Waals surface area (Å²) in [7, 11) is 1.40. The van der Waals surface area contributed by atoms with Gasteiger partial charge in [0.2, 0.25) is 5.91 Å². The summed E-state index contributed by atoms with van der Waals surface area (Å²) in [6.07, 6.45) is 13.1. The molecule has 176 valence electrons. The molecule has 5 nitrogen and oxygen atoms in total. The molecular formula is C25H42N2O3S. The summed E-state index contributed by atoms with van der Waals surface area (Å²) in [5.74, 6) is 2.61. The van der Waals surface area contributed by atoms with Gasteiger partial charge in [0.1, 0.15) is 0 Å². The van der Waals surface area contributed by atoms with E-state index in [0.29, 0.717) is 37.6 Å². The minimum Gasteiger partial charge on any atom is -0.469 e. The Morgan fingerprint density at radius 1 is 1.23 bits per heavy atom. The highest BCUT2D eigenvalue weighted by Gasteiger charge is 2.28. The van der Waals surface area contributed by atoms with E-state index >= 15 is 0 Å². The van der Waals surface area contributed by atoms with E-state index in [1.807, 2.05) is 0 Å². The highest BCUT2D eigenvalue weighted by Crippen LogP contribution is 2.37. The molecule has 1 saturated carbocycles. The van der Waals surface area contributed by atoms with E-state index in [-0.39, 0.29) is 11.9 Å². The third-order valence-electron chi connectivity index (χ3n) is 6.54. The van der Waals surface area contributed by atoms with Crippen molar-refractivity contribution in [2.75, 3.05) is 13.7 Å². The van der Waals surface area contributed by atoms with Crippen LogP contribution in [0.5, 0.6) is 0 Å². The second kappa shape index (κ2) is 14.0. The standard InChI is InChI=1S/C25H42N2O3S/c1-18(2)7-5-8-21(20-12-10-19(3)11-13-20)17-22(28)27-24-9-6-16-26-23(31-24)14-15-25(29)30-4/h9,18-21H,5-8,10-17H2,1-4H3,(H,27,28). The summed E-state index contributed by atoms with van der Waals surface area (Å²) < 4.78 is 4.73. The van der Waals surface area contributed by atoms with Crippen molar-refractivity contribution in [2.45, 2.75) is 91.4 Å². The number of amides is 1. The van der Waals surface area contributed by atoms with Gasteiger partial charge < -0.3 is 10.1 Å². The lowest BCUT2D eigenvalue weighted by Crippen LogP contribution is -2.29. The summed E-state index contributed by atoms with van der Waals surface area (Å²) in [6.45, 7) is 7.60. The van der Waals surface area contributed by atoms with E-state index in [9.17, 15) is 9.59 Å². The van der Waals surface area contributed by atoms with Crippen molar-refractivity contribution in [3.05, 3.63) is 11.1 Å². The molecule has 0 radical (unpaired) electrons. The molecule has 1 atom stereocenters. The fraction of sp³-hybridized carbons (Fsp3) is 0.800. The molecule has 1 N–H and O–H groups in total. The van der Waals surface area contributed by atoms with Crippen LogP contribution < -0.4 is 5.32 Å². The predicted octanol–water partition coefficient (Wildman–Crippen LogP) is 6.09. The van der Waals surface area contributed by atoms with Gasteiger partial charge >= 0.3 is 5.97 Å². The Labute approximate surface area is 193 Å². The monoisotopic (exact) mass is 450 g/mol. The molecule has 1 fully saturated rings. The molecule has 0 aromatic carbocycles. The van der Waals surface area contributed by atoms with Gasteiger partial charge in [0.25, 0.3) is 0 Å². The van der Waals surface area contributed by atoms with E-state index in [1.54, 1.807) is 0 Å².